The Morgan fingerprint density at radius 1 is 1.50 bits per heavy atom. The number of piperidine rings is 1. The molecule has 4 nitrogen and oxygen atoms in total. The van der Waals surface area contributed by atoms with Crippen molar-refractivity contribution in [3.05, 3.63) is 18.1 Å². The van der Waals surface area contributed by atoms with Gasteiger partial charge in [0, 0.05) is 30.9 Å². The van der Waals surface area contributed by atoms with E-state index in [-0.39, 0.29) is 0 Å². The van der Waals surface area contributed by atoms with Crippen LogP contribution in [0.4, 0.5) is 5.82 Å². The van der Waals surface area contributed by atoms with Crippen molar-refractivity contribution in [2.75, 3.05) is 18.0 Å². The molecule has 1 aromatic rings. The van der Waals surface area contributed by atoms with Gasteiger partial charge in [0.25, 0.3) is 0 Å². The van der Waals surface area contributed by atoms with E-state index in [0.717, 1.165) is 37.4 Å². The van der Waals surface area contributed by atoms with E-state index in [2.05, 4.69) is 34.8 Å². The molecule has 4 heteroatoms. The first kappa shape index (κ1) is 11.3. The third kappa shape index (κ3) is 2.32. The number of hydrogen-bond acceptors (Lipinski definition) is 4. The fourth-order valence-electron chi connectivity index (χ4n) is 2.12. The van der Waals surface area contributed by atoms with Gasteiger partial charge in [-0.2, -0.15) is 0 Å². The highest BCUT2D eigenvalue weighted by Crippen LogP contribution is 2.20. The second-order valence-electron chi connectivity index (χ2n) is 4.60. The van der Waals surface area contributed by atoms with Crippen molar-refractivity contribution in [2.24, 2.45) is 11.7 Å². The minimum atomic E-state index is 0.337. The summed E-state index contributed by atoms with van der Waals surface area (Å²) in [4.78, 5) is 10.9. The molecular weight excluding hydrogens is 200 g/mol. The van der Waals surface area contributed by atoms with Crippen molar-refractivity contribution in [1.29, 1.82) is 0 Å². The summed E-state index contributed by atoms with van der Waals surface area (Å²) in [7, 11) is 0. The zero-order valence-electron chi connectivity index (χ0n) is 10.1. The number of aryl methyl sites for hydroxylation is 1. The SMILES string of the molecule is CCc1cc(N2CCC(N)C(C)C2)ncn1. The molecule has 0 saturated carbocycles. The second kappa shape index (κ2) is 4.78. The molecule has 2 rings (SSSR count). The topological polar surface area (TPSA) is 55.0 Å². The van der Waals surface area contributed by atoms with Gasteiger partial charge in [-0.25, -0.2) is 9.97 Å². The largest absolute Gasteiger partial charge is 0.356 e. The summed E-state index contributed by atoms with van der Waals surface area (Å²) in [5.74, 6) is 1.58. The molecule has 1 aromatic heterocycles. The summed E-state index contributed by atoms with van der Waals surface area (Å²) >= 11 is 0. The number of aromatic nitrogens is 2. The van der Waals surface area contributed by atoms with Crippen LogP contribution in [0, 0.1) is 5.92 Å². The van der Waals surface area contributed by atoms with Crippen LogP contribution in [-0.4, -0.2) is 29.1 Å². The van der Waals surface area contributed by atoms with Crippen molar-refractivity contribution in [3.63, 3.8) is 0 Å². The maximum absolute atomic E-state index is 6.02. The molecule has 1 saturated heterocycles. The first-order valence-electron chi connectivity index (χ1n) is 6.02. The normalized spacial score (nSPS) is 25.8. The zero-order valence-corrected chi connectivity index (χ0v) is 10.1. The van der Waals surface area contributed by atoms with Gasteiger partial charge in [0.05, 0.1) is 0 Å². The number of rotatable bonds is 2. The van der Waals surface area contributed by atoms with Crippen molar-refractivity contribution in [2.45, 2.75) is 32.7 Å². The van der Waals surface area contributed by atoms with E-state index < -0.39 is 0 Å². The summed E-state index contributed by atoms with van der Waals surface area (Å²) in [6.07, 6.45) is 3.67. The smallest absolute Gasteiger partial charge is 0.132 e. The van der Waals surface area contributed by atoms with Crippen LogP contribution in [0.25, 0.3) is 0 Å². The lowest BCUT2D eigenvalue weighted by Crippen LogP contribution is -2.46. The summed E-state index contributed by atoms with van der Waals surface area (Å²) in [5, 5.41) is 0. The molecule has 1 aliphatic rings. The van der Waals surface area contributed by atoms with Crippen LogP contribution >= 0.6 is 0 Å². The molecule has 0 bridgehead atoms. The predicted octanol–water partition coefficient (Wildman–Crippen LogP) is 1.21. The van der Waals surface area contributed by atoms with E-state index in [4.69, 9.17) is 5.73 Å². The van der Waals surface area contributed by atoms with Crippen LogP contribution < -0.4 is 10.6 Å². The van der Waals surface area contributed by atoms with Gasteiger partial charge in [-0.3, -0.25) is 0 Å². The Hall–Kier alpha value is -1.16. The van der Waals surface area contributed by atoms with Crippen molar-refractivity contribution < 1.29 is 0 Å². The summed E-state index contributed by atoms with van der Waals surface area (Å²) in [6, 6.07) is 2.42. The van der Waals surface area contributed by atoms with Gasteiger partial charge in [0.15, 0.2) is 0 Å². The molecule has 0 aliphatic carbocycles. The van der Waals surface area contributed by atoms with E-state index in [1.807, 2.05) is 0 Å². The summed E-state index contributed by atoms with van der Waals surface area (Å²) in [6.45, 7) is 6.33. The molecule has 2 atom stereocenters. The lowest BCUT2D eigenvalue weighted by atomic mass is 9.95. The van der Waals surface area contributed by atoms with Crippen LogP contribution in [0.1, 0.15) is 26.0 Å². The quantitative estimate of drug-likeness (QED) is 0.814. The molecule has 88 valence electrons. The van der Waals surface area contributed by atoms with Gasteiger partial charge in [0.1, 0.15) is 12.1 Å². The lowest BCUT2D eigenvalue weighted by Gasteiger charge is -2.35. The molecule has 2 unspecified atom stereocenters. The Kier molecular flexibility index (Phi) is 3.39. The van der Waals surface area contributed by atoms with Gasteiger partial charge >= 0.3 is 0 Å². The maximum atomic E-state index is 6.02. The van der Waals surface area contributed by atoms with Crippen molar-refractivity contribution in [1.82, 2.24) is 9.97 Å². The number of nitrogens with zero attached hydrogens (tertiary/aromatic N) is 3. The monoisotopic (exact) mass is 220 g/mol. The van der Waals surface area contributed by atoms with E-state index >= 15 is 0 Å². The first-order chi connectivity index (χ1) is 7.70. The standard InChI is InChI=1S/C12H20N4/c1-3-10-6-12(15-8-14-10)16-5-4-11(13)9(2)7-16/h6,8-9,11H,3-5,7,13H2,1-2H3. The highest BCUT2D eigenvalue weighted by atomic mass is 15.2. The van der Waals surface area contributed by atoms with Crippen molar-refractivity contribution >= 4 is 5.82 Å². The first-order valence-corrected chi connectivity index (χ1v) is 6.02. The van der Waals surface area contributed by atoms with Crippen LogP contribution in [0.2, 0.25) is 0 Å². The predicted molar refractivity (Wildman–Crippen MR) is 65.4 cm³/mol. The van der Waals surface area contributed by atoms with Crippen LogP contribution in [0.5, 0.6) is 0 Å². The molecule has 0 amide bonds. The molecule has 16 heavy (non-hydrogen) atoms. The Labute approximate surface area is 96.9 Å². The zero-order chi connectivity index (χ0) is 11.5. The molecule has 0 radical (unpaired) electrons. The summed E-state index contributed by atoms with van der Waals surface area (Å²) in [5.41, 5.74) is 7.12. The molecule has 1 aliphatic heterocycles. The van der Waals surface area contributed by atoms with E-state index in [9.17, 15) is 0 Å². The van der Waals surface area contributed by atoms with Gasteiger partial charge in [-0.15, -0.1) is 0 Å². The Balaban J connectivity index is 2.12. The second-order valence-corrected chi connectivity index (χ2v) is 4.60. The minimum absolute atomic E-state index is 0.337. The number of nitrogens with two attached hydrogens (primary N) is 1. The van der Waals surface area contributed by atoms with E-state index in [0.29, 0.717) is 12.0 Å². The lowest BCUT2D eigenvalue weighted by molar-refractivity contribution is 0.381. The molecule has 2 heterocycles. The van der Waals surface area contributed by atoms with Crippen molar-refractivity contribution in [3.8, 4) is 0 Å². The number of anilines is 1. The van der Waals surface area contributed by atoms with Gasteiger partial charge in [-0.05, 0) is 18.8 Å². The van der Waals surface area contributed by atoms with Gasteiger partial charge in [-0.1, -0.05) is 13.8 Å². The maximum Gasteiger partial charge on any atom is 0.132 e. The Bertz CT molecular complexity index is 353. The molecular formula is C12H20N4. The third-order valence-corrected chi connectivity index (χ3v) is 3.37. The fraction of sp³-hybridized carbons (Fsp3) is 0.667. The van der Waals surface area contributed by atoms with Crippen LogP contribution in [0.3, 0.4) is 0 Å². The van der Waals surface area contributed by atoms with E-state index in [1.165, 1.54) is 0 Å². The van der Waals surface area contributed by atoms with Crippen LogP contribution in [0.15, 0.2) is 12.4 Å². The highest BCUT2D eigenvalue weighted by molar-refractivity contribution is 5.39. The third-order valence-electron chi connectivity index (χ3n) is 3.37. The molecule has 1 fully saturated rings. The Morgan fingerprint density at radius 3 is 3.00 bits per heavy atom. The van der Waals surface area contributed by atoms with Gasteiger partial charge < -0.3 is 10.6 Å². The van der Waals surface area contributed by atoms with E-state index in [1.54, 1.807) is 6.33 Å². The Morgan fingerprint density at radius 2 is 2.31 bits per heavy atom. The average molecular weight is 220 g/mol. The number of hydrogen-bond donors (Lipinski definition) is 1. The molecule has 0 aromatic carbocycles. The fourth-order valence-corrected chi connectivity index (χ4v) is 2.12. The minimum Gasteiger partial charge on any atom is -0.356 e. The van der Waals surface area contributed by atoms with Crippen LogP contribution in [-0.2, 0) is 6.42 Å². The molecule has 2 N–H and O–H groups in total. The molecule has 0 spiro atoms. The summed E-state index contributed by atoms with van der Waals surface area (Å²) < 4.78 is 0. The average Bonchev–Trinajstić information content (AvgIpc) is 2.33. The highest BCUT2D eigenvalue weighted by Gasteiger charge is 2.23. The van der Waals surface area contributed by atoms with Gasteiger partial charge in [0.2, 0.25) is 0 Å².